The SMILES string of the molecule is COC(=O)[C@@H](NC(=O)C1=CC[C@H]2[C@@H]3CCC4CCCC[C@]4(C)[C@H]3CC[C@]12C)C(C)C. The van der Waals surface area contributed by atoms with Crippen molar-refractivity contribution in [3.05, 3.63) is 11.6 Å². The molecule has 0 aromatic heterocycles. The van der Waals surface area contributed by atoms with E-state index in [1.54, 1.807) is 0 Å². The molecule has 4 rings (SSSR count). The maximum atomic E-state index is 13.3. The first kappa shape index (κ1) is 21.9. The number of esters is 1. The van der Waals surface area contributed by atoms with Crippen molar-refractivity contribution in [2.45, 2.75) is 91.5 Å². The third kappa shape index (κ3) is 3.33. The Morgan fingerprint density at radius 2 is 1.83 bits per heavy atom. The average molecular weight is 416 g/mol. The summed E-state index contributed by atoms with van der Waals surface area (Å²) in [4.78, 5) is 25.5. The van der Waals surface area contributed by atoms with Gasteiger partial charge >= 0.3 is 5.97 Å². The highest BCUT2D eigenvalue weighted by Crippen LogP contribution is 2.66. The Labute approximate surface area is 182 Å². The highest BCUT2D eigenvalue weighted by molar-refractivity contribution is 5.97. The number of methoxy groups -OCH3 is 1. The van der Waals surface area contributed by atoms with Crippen LogP contribution in [0.2, 0.25) is 0 Å². The van der Waals surface area contributed by atoms with Crippen LogP contribution in [0.25, 0.3) is 0 Å². The fourth-order valence-corrected chi connectivity index (χ4v) is 8.06. The van der Waals surface area contributed by atoms with Crippen molar-refractivity contribution in [3.63, 3.8) is 0 Å². The van der Waals surface area contributed by atoms with Crippen LogP contribution in [0.15, 0.2) is 11.6 Å². The summed E-state index contributed by atoms with van der Waals surface area (Å²) >= 11 is 0. The number of rotatable bonds is 4. The number of hydrogen-bond donors (Lipinski definition) is 1. The summed E-state index contributed by atoms with van der Waals surface area (Å²) in [6, 6.07) is -0.584. The van der Waals surface area contributed by atoms with Crippen LogP contribution in [0.4, 0.5) is 0 Å². The van der Waals surface area contributed by atoms with Crippen LogP contribution in [0.3, 0.4) is 0 Å². The van der Waals surface area contributed by atoms with Crippen molar-refractivity contribution < 1.29 is 14.3 Å². The Morgan fingerprint density at radius 3 is 2.53 bits per heavy atom. The molecule has 4 heteroatoms. The van der Waals surface area contributed by atoms with E-state index >= 15 is 0 Å². The summed E-state index contributed by atoms with van der Waals surface area (Å²) in [6.07, 6.45) is 13.9. The zero-order chi connectivity index (χ0) is 21.7. The minimum absolute atomic E-state index is 0.00395. The van der Waals surface area contributed by atoms with Gasteiger partial charge in [0.15, 0.2) is 0 Å². The molecular formula is C26H41NO3. The Balaban J connectivity index is 1.52. The monoisotopic (exact) mass is 415 g/mol. The number of ether oxygens (including phenoxy) is 1. The summed E-state index contributed by atoms with van der Waals surface area (Å²) in [5.41, 5.74) is 1.39. The standard InChI is InChI=1S/C26H41NO3/c1-16(2)22(24(29)30-5)27-23(28)21-12-11-19-18-10-9-17-8-6-7-14-25(17,3)20(18)13-15-26(19,21)4/h12,16-20,22H,6-11,13-15H2,1-5H3,(H,27,28)/t17?,18-,19-,20-,22-,25-,26-/m0/s1. The van der Waals surface area contributed by atoms with E-state index in [1.807, 2.05) is 13.8 Å². The van der Waals surface area contributed by atoms with Gasteiger partial charge in [0.25, 0.3) is 0 Å². The van der Waals surface area contributed by atoms with Crippen LogP contribution in [0.1, 0.15) is 85.5 Å². The number of amides is 1. The Kier molecular flexibility index (Phi) is 5.83. The highest BCUT2D eigenvalue weighted by atomic mass is 16.5. The van der Waals surface area contributed by atoms with Crippen molar-refractivity contribution in [2.75, 3.05) is 7.11 Å². The predicted molar refractivity (Wildman–Crippen MR) is 119 cm³/mol. The quantitative estimate of drug-likeness (QED) is 0.637. The minimum atomic E-state index is -0.584. The maximum absolute atomic E-state index is 13.3. The first-order chi connectivity index (χ1) is 14.2. The van der Waals surface area contributed by atoms with Crippen LogP contribution in [-0.2, 0) is 14.3 Å². The van der Waals surface area contributed by atoms with Gasteiger partial charge in [0.05, 0.1) is 7.11 Å². The van der Waals surface area contributed by atoms with Gasteiger partial charge in [-0.05, 0) is 80.0 Å². The molecule has 1 unspecified atom stereocenters. The van der Waals surface area contributed by atoms with Crippen molar-refractivity contribution in [2.24, 2.45) is 40.4 Å². The van der Waals surface area contributed by atoms with E-state index in [9.17, 15) is 9.59 Å². The van der Waals surface area contributed by atoms with E-state index in [-0.39, 0.29) is 23.2 Å². The van der Waals surface area contributed by atoms with E-state index in [4.69, 9.17) is 4.74 Å². The van der Waals surface area contributed by atoms with Gasteiger partial charge in [-0.25, -0.2) is 4.79 Å². The molecule has 30 heavy (non-hydrogen) atoms. The summed E-state index contributed by atoms with van der Waals surface area (Å²) in [6.45, 7) is 8.81. The lowest BCUT2D eigenvalue weighted by Crippen LogP contribution is -2.53. The molecule has 0 heterocycles. The van der Waals surface area contributed by atoms with Crippen molar-refractivity contribution in [1.29, 1.82) is 0 Å². The van der Waals surface area contributed by atoms with Gasteiger partial charge in [-0.2, -0.15) is 0 Å². The molecule has 0 bridgehead atoms. The third-order valence-corrected chi connectivity index (χ3v) is 9.82. The van der Waals surface area contributed by atoms with Gasteiger partial charge in [0.1, 0.15) is 6.04 Å². The molecule has 4 nitrogen and oxygen atoms in total. The van der Waals surface area contributed by atoms with Gasteiger partial charge in [-0.15, -0.1) is 0 Å². The van der Waals surface area contributed by atoms with Crippen molar-refractivity contribution in [3.8, 4) is 0 Å². The van der Waals surface area contributed by atoms with E-state index in [0.29, 0.717) is 11.3 Å². The summed E-state index contributed by atoms with van der Waals surface area (Å²) in [5, 5.41) is 3.01. The van der Waals surface area contributed by atoms with E-state index in [0.717, 1.165) is 36.2 Å². The van der Waals surface area contributed by atoms with Crippen LogP contribution in [0.5, 0.6) is 0 Å². The molecule has 3 saturated carbocycles. The van der Waals surface area contributed by atoms with Gasteiger partial charge in [0, 0.05) is 11.0 Å². The van der Waals surface area contributed by atoms with E-state index < -0.39 is 6.04 Å². The van der Waals surface area contributed by atoms with Gasteiger partial charge in [0.2, 0.25) is 5.91 Å². The second-order valence-corrected chi connectivity index (χ2v) is 11.4. The molecule has 0 aliphatic heterocycles. The predicted octanol–water partition coefficient (Wildman–Crippen LogP) is 5.27. The first-order valence-electron chi connectivity index (χ1n) is 12.3. The second kappa shape index (κ2) is 7.98. The molecule has 4 aliphatic rings. The molecule has 1 N–H and O–H groups in total. The normalized spacial score (nSPS) is 41.2. The van der Waals surface area contributed by atoms with E-state index in [2.05, 4.69) is 25.2 Å². The molecule has 168 valence electrons. The van der Waals surface area contributed by atoms with Crippen molar-refractivity contribution >= 4 is 11.9 Å². The molecule has 0 aromatic carbocycles. The molecular weight excluding hydrogens is 374 g/mol. The van der Waals surface area contributed by atoms with Gasteiger partial charge in [-0.3, -0.25) is 4.79 Å². The molecule has 1 amide bonds. The van der Waals surface area contributed by atoms with Gasteiger partial charge < -0.3 is 10.1 Å². The molecule has 0 spiro atoms. The minimum Gasteiger partial charge on any atom is -0.467 e. The fourth-order valence-electron chi connectivity index (χ4n) is 8.06. The molecule has 0 saturated heterocycles. The highest BCUT2D eigenvalue weighted by Gasteiger charge is 2.58. The summed E-state index contributed by atoms with van der Waals surface area (Å²) in [5.74, 6) is 2.65. The van der Waals surface area contributed by atoms with Crippen molar-refractivity contribution in [1.82, 2.24) is 5.32 Å². The zero-order valence-corrected chi connectivity index (χ0v) is 19.6. The third-order valence-electron chi connectivity index (χ3n) is 9.82. The smallest absolute Gasteiger partial charge is 0.328 e. The fraction of sp³-hybridized carbons (Fsp3) is 0.846. The average Bonchev–Trinajstić information content (AvgIpc) is 3.08. The number of fused-ring (bicyclic) bond motifs is 5. The number of nitrogens with one attached hydrogen (secondary N) is 1. The maximum Gasteiger partial charge on any atom is 0.328 e. The van der Waals surface area contributed by atoms with Crippen LogP contribution in [-0.4, -0.2) is 25.0 Å². The largest absolute Gasteiger partial charge is 0.467 e. The lowest BCUT2D eigenvalue weighted by atomic mass is 9.45. The summed E-state index contributed by atoms with van der Waals surface area (Å²) < 4.78 is 4.93. The van der Waals surface area contributed by atoms with Crippen LogP contribution < -0.4 is 5.32 Å². The van der Waals surface area contributed by atoms with Gasteiger partial charge in [-0.1, -0.05) is 46.6 Å². The van der Waals surface area contributed by atoms with Crippen LogP contribution >= 0.6 is 0 Å². The Bertz CT molecular complexity index is 728. The number of carbonyl (C=O) groups is 2. The lowest BCUT2D eigenvalue weighted by Gasteiger charge is -2.60. The molecule has 0 radical (unpaired) electrons. The zero-order valence-electron chi connectivity index (χ0n) is 19.6. The lowest BCUT2D eigenvalue weighted by molar-refractivity contribution is -0.146. The summed E-state index contributed by atoms with van der Waals surface area (Å²) in [7, 11) is 1.39. The molecule has 7 atom stereocenters. The topological polar surface area (TPSA) is 55.4 Å². The number of hydrogen-bond acceptors (Lipinski definition) is 3. The second-order valence-electron chi connectivity index (χ2n) is 11.4. The number of allylic oxidation sites excluding steroid dienone is 1. The van der Waals surface area contributed by atoms with E-state index in [1.165, 1.54) is 52.1 Å². The molecule has 0 aromatic rings. The van der Waals surface area contributed by atoms with Crippen LogP contribution in [0, 0.1) is 40.4 Å². The first-order valence-corrected chi connectivity index (χ1v) is 12.3. The molecule has 4 aliphatic carbocycles. The Hall–Kier alpha value is -1.32. The Morgan fingerprint density at radius 1 is 1.07 bits per heavy atom. The number of carbonyl (C=O) groups excluding carboxylic acids is 2. The molecule has 3 fully saturated rings.